The zero-order chi connectivity index (χ0) is 15.1. The van der Waals surface area contributed by atoms with Crippen LogP contribution in [0.15, 0.2) is 42.5 Å². The molecule has 0 radical (unpaired) electrons. The van der Waals surface area contributed by atoms with E-state index in [0.29, 0.717) is 12.1 Å². The molecule has 0 fully saturated rings. The fourth-order valence-electron chi connectivity index (χ4n) is 2.03. The quantitative estimate of drug-likeness (QED) is 0.597. The standard InChI is InChI=1S/C16H19N3O2/c1-2-3-11-17-16(21)19-18-15(20)14-10-6-8-12-7-4-5-9-13(12)14/h4-10H,2-3,11H2,1H3,(H,18,20)(H2,17,19,21). The highest BCUT2D eigenvalue weighted by Crippen LogP contribution is 2.17. The number of unbranched alkanes of at least 4 members (excludes halogenated alkanes) is 1. The third kappa shape index (κ3) is 3.95. The van der Waals surface area contributed by atoms with E-state index in [-0.39, 0.29) is 5.91 Å². The first-order chi connectivity index (χ1) is 10.2. The van der Waals surface area contributed by atoms with Crippen LogP contribution in [0, 0.1) is 0 Å². The van der Waals surface area contributed by atoms with Crippen LogP contribution in [-0.2, 0) is 0 Å². The number of amides is 3. The summed E-state index contributed by atoms with van der Waals surface area (Å²) < 4.78 is 0. The maximum Gasteiger partial charge on any atom is 0.333 e. The maximum atomic E-state index is 12.1. The minimum Gasteiger partial charge on any atom is -0.337 e. The van der Waals surface area contributed by atoms with Crippen LogP contribution in [0.5, 0.6) is 0 Å². The molecule has 5 heteroatoms. The first-order valence-corrected chi connectivity index (χ1v) is 7.04. The van der Waals surface area contributed by atoms with Crippen molar-refractivity contribution in [2.75, 3.05) is 6.54 Å². The Balaban J connectivity index is 1.98. The molecule has 0 spiro atoms. The van der Waals surface area contributed by atoms with Gasteiger partial charge in [-0.05, 0) is 23.3 Å². The van der Waals surface area contributed by atoms with Gasteiger partial charge in [-0.2, -0.15) is 0 Å². The number of fused-ring (bicyclic) bond motifs is 1. The van der Waals surface area contributed by atoms with Crippen molar-refractivity contribution in [1.82, 2.24) is 16.2 Å². The van der Waals surface area contributed by atoms with E-state index in [1.165, 1.54) is 0 Å². The Morgan fingerprint density at radius 2 is 1.76 bits per heavy atom. The summed E-state index contributed by atoms with van der Waals surface area (Å²) in [5.74, 6) is -0.336. The average molecular weight is 285 g/mol. The van der Waals surface area contributed by atoms with Crippen molar-refractivity contribution >= 4 is 22.7 Å². The number of urea groups is 1. The van der Waals surface area contributed by atoms with Crippen LogP contribution in [0.25, 0.3) is 10.8 Å². The Morgan fingerprint density at radius 3 is 2.57 bits per heavy atom. The lowest BCUT2D eigenvalue weighted by Gasteiger charge is -2.10. The molecule has 21 heavy (non-hydrogen) atoms. The third-order valence-electron chi connectivity index (χ3n) is 3.14. The summed E-state index contributed by atoms with van der Waals surface area (Å²) >= 11 is 0. The molecule has 0 aliphatic heterocycles. The highest BCUT2D eigenvalue weighted by Gasteiger charge is 2.10. The molecular formula is C16H19N3O2. The molecule has 0 saturated carbocycles. The minimum absolute atomic E-state index is 0.336. The van der Waals surface area contributed by atoms with Gasteiger partial charge in [0, 0.05) is 12.1 Å². The van der Waals surface area contributed by atoms with E-state index < -0.39 is 6.03 Å². The van der Waals surface area contributed by atoms with E-state index in [1.807, 2.05) is 43.3 Å². The van der Waals surface area contributed by atoms with Crippen LogP contribution < -0.4 is 16.2 Å². The summed E-state index contributed by atoms with van der Waals surface area (Å²) in [5, 5.41) is 4.50. The number of nitrogens with one attached hydrogen (secondary N) is 3. The van der Waals surface area contributed by atoms with Gasteiger partial charge < -0.3 is 5.32 Å². The minimum atomic E-state index is -0.406. The zero-order valence-corrected chi connectivity index (χ0v) is 12.0. The fourth-order valence-corrected chi connectivity index (χ4v) is 2.03. The van der Waals surface area contributed by atoms with Crippen molar-refractivity contribution in [3.8, 4) is 0 Å². The number of rotatable bonds is 4. The SMILES string of the molecule is CCCCNC(=O)NNC(=O)c1cccc2ccccc12. The van der Waals surface area contributed by atoms with Gasteiger partial charge in [-0.15, -0.1) is 0 Å². The van der Waals surface area contributed by atoms with Gasteiger partial charge in [0.1, 0.15) is 0 Å². The molecule has 3 N–H and O–H groups in total. The Morgan fingerprint density at radius 1 is 1.00 bits per heavy atom. The maximum absolute atomic E-state index is 12.1. The molecule has 0 aromatic heterocycles. The first kappa shape index (κ1) is 14.8. The molecule has 0 saturated heterocycles. The molecule has 2 rings (SSSR count). The van der Waals surface area contributed by atoms with Gasteiger partial charge in [0.2, 0.25) is 0 Å². The number of hydrogen-bond donors (Lipinski definition) is 3. The summed E-state index contributed by atoms with van der Waals surface area (Å²) in [7, 11) is 0. The van der Waals surface area contributed by atoms with Gasteiger partial charge in [-0.1, -0.05) is 49.7 Å². The van der Waals surface area contributed by atoms with Crippen LogP contribution in [0.4, 0.5) is 4.79 Å². The lowest BCUT2D eigenvalue weighted by molar-refractivity contribution is 0.0938. The number of carbonyl (C=O) groups is 2. The highest BCUT2D eigenvalue weighted by atomic mass is 16.2. The topological polar surface area (TPSA) is 70.2 Å². The van der Waals surface area contributed by atoms with Gasteiger partial charge >= 0.3 is 6.03 Å². The zero-order valence-electron chi connectivity index (χ0n) is 12.0. The van der Waals surface area contributed by atoms with Crippen LogP contribution in [-0.4, -0.2) is 18.5 Å². The van der Waals surface area contributed by atoms with Crippen LogP contribution >= 0.6 is 0 Å². The van der Waals surface area contributed by atoms with Gasteiger partial charge in [-0.25, -0.2) is 10.2 Å². The van der Waals surface area contributed by atoms with Crippen molar-refractivity contribution in [3.63, 3.8) is 0 Å². The molecule has 5 nitrogen and oxygen atoms in total. The second-order valence-corrected chi connectivity index (χ2v) is 4.72. The van der Waals surface area contributed by atoms with E-state index in [9.17, 15) is 9.59 Å². The third-order valence-corrected chi connectivity index (χ3v) is 3.14. The number of carbonyl (C=O) groups excluding carboxylic acids is 2. The van der Waals surface area contributed by atoms with Crippen LogP contribution in [0.2, 0.25) is 0 Å². The van der Waals surface area contributed by atoms with E-state index in [4.69, 9.17) is 0 Å². The molecule has 0 unspecified atom stereocenters. The van der Waals surface area contributed by atoms with Gasteiger partial charge in [0.15, 0.2) is 0 Å². The Labute approximate surface area is 123 Å². The monoisotopic (exact) mass is 285 g/mol. The molecule has 0 aliphatic rings. The largest absolute Gasteiger partial charge is 0.337 e. The lowest BCUT2D eigenvalue weighted by Crippen LogP contribution is -2.47. The van der Waals surface area contributed by atoms with Crippen molar-refractivity contribution < 1.29 is 9.59 Å². The predicted octanol–water partition coefficient (Wildman–Crippen LogP) is 2.58. The average Bonchev–Trinajstić information content (AvgIpc) is 2.52. The van der Waals surface area contributed by atoms with Crippen LogP contribution in [0.3, 0.4) is 0 Å². The lowest BCUT2D eigenvalue weighted by atomic mass is 10.0. The summed E-state index contributed by atoms with van der Waals surface area (Å²) in [6.07, 6.45) is 1.91. The molecule has 3 amide bonds. The van der Waals surface area contributed by atoms with Crippen molar-refractivity contribution in [1.29, 1.82) is 0 Å². The Kier molecular flexibility index (Phi) is 5.15. The second-order valence-electron chi connectivity index (χ2n) is 4.72. The van der Waals surface area contributed by atoms with E-state index in [2.05, 4.69) is 16.2 Å². The van der Waals surface area contributed by atoms with Crippen molar-refractivity contribution in [3.05, 3.63) is 48.0 Å². The van der Waals surface area contributed by atoms with Gasteiger partial charge in [0.05, 0.1) is 0 Å². The summed E-state index contributed by atoms with van der Waals surface area (Å²) in [6, 6.07) is 12.7. The normalized spacial score (nSPS) is 10.1. The van der Waals surface area contributed by atoms with Gasteiger partial charge in [-0.3, -0.25) is 10.2 Å². The molecule has 0 bridgehead atoms. The molecule has 0 heterocycles. The van der Waals surface area contributed by atoms with Gasteiger partial charge in [0.25, 0.3) is 5.91 Å². The molecular weight excluding hydrogens is 266 g/mol. The summed E-state index contributed by atoms with van der Waals surface area (Å²) in [4.78, 5) is 23.6. The smallest absolute Gasteiger partial charge is 0.333 e. The number of hydrazine groups is 1. The van der Waals surface area contributed by atoms with Crippen LogP contribution in [0.1, 0.15) is 30.1 Å². The molecule has 0 atom stereocenters. The van der Waals surface area contributed by atoms with Crippen molar-refractivity contribution in [2.45, 2.75) is 19.8 Å². The van der Waals surface area contributed by atoms with E-state index >= 15 is 0 Å². The fraction of sp³-hybridized carbons (Fsp3) is 0.250. The first-order valence-electron chi connectivity index (χ1n) is 7.04. The molecule has 110 valence electrons. The summed E-state index contributed by atoms with van der Waals surface area (Å²) in [5.41, 5.74) is 5.30. The predicted molar refractivity (Wildman–Crippen MR) is 82.9 cm³/mol. The molecule has 0 aliphatic carbocycles. The van der Waals surface area contributed by atoms with Crippen molar-refractivity contribution in [2.24, 2.45) is 0 Å². The number of benzene rings is 2. The van der Waals surface area contributed by atoms with E-state index in [0.717, 1.165) is 23.6 Å². The Hall–Kier alpha value is -2.56. The van der Waals surface area contributed by atoms with E-state index in [1.54, 1.807) is 6.07 Å². The second kappa shape index (κ2) is 7.28. The molecule has 2 aromatic carbocycles. The Bertz CT molecular complexity index is 635. The number of hydrogen-bond acceptors (Lipinski definition) is 2. The summed E-state index contributed by atoms with van der Waals surface area (Å²) in [6.45, 7) is 2.63. The molecule has 2 aromatic rings. The highest BCUT2D eigenvalue weighted by molar-refractivity contribution is 6.07.